The second-order valence-corrected chi connectivity index (χ2v) is 7.29. The predicted molar refractivity (Wildman–Crippen MR) is 101 cm³/mol. The number of rotatable bonds is 4. The zero-order chi connectivity index (χ0) is 18.8. The Morgan fingerprint density at radius 3 is 2.85 bits per heavy atom. The average Bonchev–Trinajstić information content (AvgIpc) is 3.15. The second kappa shape index (κ2) is 7.53. The summed E-state index contributed by atoms with van der Waals surface area (Å²) in [7, 11) is 0. The Labute approximate surface area is 163 Å². The van der Waals surface area contributed by atoms with E-state index >= 15 is 0 Å². The molecule has 3 aromatic rings. The van der Waals surface area contributed by atoms with E-state index in [0.29, 0.717) is 35.5 Å². The van der Waals surface area contributed by atoms with Gasteiger partial charge in [0.25, 0.3) is 5.56 Å². The van der Waals surface area contributed by atoms with Crippen molar-refractivity contribution in [3.05, 3.63) is 63.5 Å². The number of hydrogen-bond donors (Lipinski definition) is 0. The number of nitrogens with zero attached hydrogens (tertiary/aromatic N) is 6. The highest BCUT2D eigenvalue weighted by Gasteiger charge is 2.22. The summed E-state index contributed by atoms with van der Waals surface area (Å²) in [6.07, 6.45) is 0. The van der Waals surface area contributed by atoms with E-state index in [1.807, 2.05) is 24.3 Å². The lowest BCUT2D eigenvalue weighted by molar-refractivity contribution is -0.129. The molecule has 0 radical (unpaired) electrons. The minimum absolute atomic E-state index is 0.0312. The molecular formula is C17H15ClN6O2S. The Morgan fingerprint density at radius 1 is 1.15 bits per heavy atom. The van der Waals surface area contributed by atoms with Gasteiger partial charge in [0.05, 0.1) is 23.0 Å². The van der Waals surface area contributed by atoms with Gasteiger partial charge >= 0.3 is 0 Å². The fourth-order valence-electron chi connectivity index (χ4n) is 2.92. The zero-order valence-electron chi connectivity index (χ0n) is 14.2. The van der Waals surface area contributed by atoms with Crippen LogP contribution in [0.2, 0.25) is 5.02 Å². The molecule has 138 valence electrons. The maximum atomic E-state index is 12.6. The summed E-state index contributed by atoms with van der Waals surface area (Å²) in [5, 5.41) is 12.7. The molecule has 0 spiro atoms. The van der Waals surface area contributed by atoms with Crippen LogP contribution in [0.1, 0.15) is 5.69 Å². The van der Waals surface area contributed by atoms with Gasteiger partial charge < -0.3 is 9.47 Å². The Bertz CT molecular complexity index is 1050. The number of para-hydroxylation sites is 1. The summed E-state index contributed by atoms with van der Waals surface area (Å²) in [5.74, 6) is 0.165. The molecule has 1 aromatic carbocycles. The van der Waals surface area contributed by atoms with E-state index in [4.69, 9.17) is 11.6 Å². The van der Waals surface area contributed by atoms with Gasteiger partial charge in [-0.25, -0.2) is 0 Å². The molecule has 10 heteroatoms. The van der Waals surface area contributed by atoms with Gasteiger partial charge in [-0.3, -0.25) is 9.59 Å². The van der Waals surface area contributed by atoms with Gasteiger partial charge in [0, 0.05) is 24.8 Å². The highest BCUT2D eigenvalue weighted by molar-refractivity contribution is 7.99. The zero-order valence-corrected chi connectivity index (χ0v) is 15.7. The Balaban J connectivity index is 1.45. The van der Waals surface area contributed by atoms with Crippen molar-refractivity contribution >= 4 is 29.3 Å². The molecule has 1 amide bonds. The first-order chi connectivity index (χ1) is 13.1. The molecule has 3 heterocycles. The molecule has 0 aliphatic carbocycles. The fourth-order valence-corrected chi connectivity index (χ4v) is 3.93. The highest BCUT2D eigenvalue weighted by Crippen LogP contribution is 2.24. The number of amides is 1. The number of thioether (sulfide) groups is 1. The third-order valence-electron chi connectivity index (χ3n) is 4.29. The number of carbonyl (C=O) groups is 1. The van der Waals surface area contributed by atoms with Crippen molar-refractivity contribution in [1.29, 1.82) is 0 Å². The minimum Gasteiger partial charge on any atom is -0.334 e. The van der Waals surface area contributed by atoms with Crippen molar-refractivity contribution < 1.29 is 4.79 Å². The molecule has 4 rings (SSSR count). The van der Waals surface area contributed by atoms with Crippen LogP contribution in [0, 0.1) is 0 Å². The summed E-state index contributed by atoms with van der Waals surface area (Å²) in [5.41, 5.74) is 1.46. The van der Waals surface area contributed by atoms with Crippen LogP contribution >= 0.6 is 23.4 Å². The van der Waals surface area contributed by atoms with Gasteiger partial charge in [0.1, 0.15) is 0 Å². The van der Waals surface area contributed by atoms with Gasteiger partial charge in [-0.1, -0.05) is 41.6 Å². The lowest BCUT2D eigenvalue weighted by Gasteiger charge is -2.29. The molecule has 0 saturated carbocycles. The molecular weight excluding hydrogens is 388 g/mol. The molecule has 0 unspecified atom stereocenters. The Kier molecular flexibility index (Phi) is 4.95. The summed E-state index contributed by atoms with van der Waals surface area (Å²) < 4.78 is 3.22. The maximum Gasteiger partial charge on any atom is 0.250 e. The van der Waals surface area contributed by atoms with Crippen molar-refractivity contribution in [2.24, 2.45) is 0 Å². The predicted octanol–water partition coefficient (Wildman–Crippen LogP) is 1.61. The van der Waals surface area contributed by atoms with E-state index in [9.17, 15) is 9.59 Å². The van der Waals surface area contributed by atoms with Crippen molar-refractivity contribution in [1.82, 2.24) is 29.7 Å². The molecule has 0 N–H and O–H groups in total. The van der Waals surface area contributed by atoms with Crippen LogP contribution in [-0.2, 0) is 17.9 Å². The van der Waals surface area contributed by atoms with Gasteiger partial charge in [-0.15, -0.1) is 5.10 Å². The van der Waals surface area contributed by atoms with Gasteiger partial charge in [0.15, 0.2) is 0 Å². The molecule has 2 aromatic heterocycles. The summed E-state index contributed by atoms with van der Waals surface area (Å²) in [4.78, 5) is 26.2. The van der Waals surface area contributed by atoms with E-state index in [1.165, 1.54) is 22.5 Å². The molecule has 27 heavy (non-hydrogen) atoms. The largest absolute Gasteiger partial charge is 0.334 e. The van der Waals surface area contributed by atoms with Crippen LogP contribution in [0.4, 0.5) is 0 Å². The van der Waals surface area contributed by atoms with E-state index in [-0.39, 0.29) is 17.2 Å². The van der Waals surface area contributed by atoms with Gasteiger partial charge in [-0.2, -0.15) is 4.68 Å². The molecule has 1 aliphatic heterocycles. The van der Waals surface area contributed by atoms with Crippen molar-refractivity contribution in [3.8, 4) is 5.69 Å². The van der Waals surface area contributed by atoms with Gasteiger partial charge in [0.2, 0.25) is 11.1 Å². The van der Waals surface area contributed by atoms with Crippen molar-refractivity contribution in [2.75, 3.05) is 12.3 Å². The average molecular weight is 403 g/mol. The molecule has 0 atom stereocenters. The lowest BCUT2D eigenvalue weighted by atomic mass is 10.2. The lowest BCUT2D eigenvalue weighted by Crippen LogP contribution is -2.42. The quantitative estimate of drug-likeness (QED) is 0.616. The van der Waals surface area contributed by atoms with Crippen LogP contribution in [-0.4, -0.2) is 47.9 Å². The van der Waals surface area contributed by atoms with Crippen molar-refractivity contribution in [2.45, 2.75) is 18.2 Å². The van der Waals surface area contributed by atoms with E-state index in [2.05, 4.69) is 15.5 Å². The van der Waals surface area contributed by atoms with Crippen LogP contribution in [0.25, 0.3) is 5.69 Å². The standard InChI is InChI=1S/C17H15ClN6O2S/c18-13-5-1-2-6-14(13)24-17(19-20-21-24)27-11-16(26)22-8-9-23-12(10-22)4-3-7-15(23)25/h1-7H,8-11H2. The van der Waals surface area contributed by atoms with E-state index in [0.717, 1.165) is 5.69 Å². The van der Waals surface area contributed by atoms with Crippen molar-refractivity contribution in [3.63, 3.8) is 0 Å². The molecule has 0 bridgehead atoms. The summed E-state index contributed by atoms with van der Waals surface area (Å²) >= 11 is 7.46. The number of halogens is 1. The number of hydrogen-bond acceptors (Lipinski definition) is 6. The number of carbonyl (C=O) groups excluding carboxylic acids is 1. The van der Waals surface area contributed by atoms with Crippen LogP contribution in [0.15, 0.2) is 52.4 Å². The van der Waals surface area contributed by atoms with E-state index in [1.54, 1.807) is 21.6 Å². The normalized spacial score (nSPS) is 13.4. The topological polar surface area (TPSA) is 85.9 Å². The van der Waals surface area contributed by atoms with Gasteiger partial charge in [-0.05, 0) is 28.6 Å². The Morgan fingerprint density at radius 2 is 2.00 bits per heavy atom. The number of tetrazole rings is 1. The molecule has 8 nitrogen and oxygen atoms in total. The molecule has 0 saturated heterocycles. The maximum absolute atomic E-state index is 12.6. The fraction of sp³-hybridized carbons (Fsp3) is 0.235. The second-order valence-electron chi connectivity index (χ2n) is 5.94. The SMILES string of the molecule is O=C(CSc1nnnn1-c1ccccc1Cl)N1CCn2c(cccc2=O)C1. The van der Waals surface area contributed by atoms with Crippen LogP contribution < -0.4 is 5.56 Å². The third-order valence-corrected chi connectivity index (χ3v) is 5.51. The van der Waals surface area contributed by atoms with E-state index < -0.39 is 0 Å². The smallest absolute Gasteiger partial charge is 0.250 e. The minimum atomic E-state index is -0.0344. The first-order valence-corrected chi connectivity index (χ1v) is 9.62. The summed E-state index contributed by atoms with van der Waals surface area (Å²) in [6, 6.07) is 12.3. The Hall–Kier alpha value is -2.65. The first-order valence-electron chi connectivity index (χ1n) is 8.26. The number of benzene rings is 1. The molecule has 0 fully saturated rings. The van der Waals surface area contributed by atoms with Crippen LogP contribution in [0.3, 0.4) is 0 Å². The first kappa shape index (κ1) is 17.7. The molecule has 1 aliphatic rings. The highest BCUT2D eigenvalue weighted by atomic mass is 35.5. The number of aromatic nitrogens is 5. The third kappa shape index (κ3) is 3.60. The summed E-state index contributed by atoms with van der Waals surface area (Å²) in [6.45, 7) is 1.43. The van der Waals surface area contributed by atoms with Crippen LogP contribution in [0.5, 0.6) is 0 Å². The number of fused-ring (bicyclic) bond motifs is 1. The number of pyridine rings is 1. The monoisotopic (exact) mass is 402 g/mol.